The fourth-order valence-corrected chi connectivity index (χ4v) is 3.73. The molecule has 1 aliphatic rings. The minimum Gasteiger partial charge on any atom is -0.396 e. The number of amides is 2. The highest BCUT2D eigenvalue weighted by Gasteiger charge is 2.26. The van der Waals surface area contributed by atoms with Crippen molar-refractivity contribution < 1.29 is 9.90 Å². The Morgan fingerprint density at radius 3 is 2.52 bits per heavy atom. The molecule has 1 saturated carbocycles. The zero-order valence-electron chi connectivity index (χ0n) is 15.1. The largest absolute Gasteiger partial charge is 0.396 e. The number of carbonyl (C=O) groups excluding carboxylic acids is 1. The predicted octanol–water partition coefficient (Wildman–Crippen LogP) is 4.09. The van der Waals surface area contributed by atoms with Crippen LogP contribution in [0.25, 0.3) is 10.8 Å². The van der Waals surface area contributed by atoms with Crippen LogP contribution in [0.5, 0.6) is 0 Å². The van der Waals surface area contributed by atoms with E-state index in [1.165, 1.54) is 10.8 Å². The van der Waals surface area contributed by atoms with Crippen molar-refractivity contribution in [3.63, 3.8) is 0 Å². The van der Waals surface area contributed by atoms with Crippen molar-refractivity contribution in [3.05, 3.63) is 48.0 Å². The van der Waals surface area contributed by atoms with Gasteiger partial charge in [-0.05, 0) is 60.9 Å². The third-order valence-electron chi connectivity index (χ3n) is 5.56. The van der Waals surface area contributed by atoms with Gasteiger partial charge >= 0.3 is 6.03 Å². The zero-order valence-corrected chi connectivity index (χ0v) is 15.1. The van der Waals surface area contributed by atoms with Crippen molar-refractivity contribution in [1.29, 1.82) is 0 Å². The Hall–Kier alpha value is -2.07. The topological polar surface area (TPSA) is 52.6 Å². The van der Waals surface area contributed by atoms with E-state index in [2.05, 4.69) is 35.6 Å². The maximum atomic E-state index is 12.6. The summed E-state index contributed by atoms with van der Waals surface area (Å²) in [6.07, 6.45) is 3.94. The van der Waals surface area contributed by atoms with E-state index in [4.69, 9.17) is 0 Å². The van der Waals surface area contributed by atoms with Gasteiger partial charge in [-0.1, -0.05) is 36.4 Å². The lowest BCUT2D eigenvalue weighted by Gasteiger charge is -2.34. The zero-order chi connectivity index (χ0) is 17.8. The maximum Gasteiger partial charge on any atom is 0.317 e. The number of urea groups is 1. The lowest BCUT2D eigenvalue weighted by atomic mass is 9.86. The van der Waals surface area contributed by atoms with E-state index in [-0.39, 0.29) is 24.7 Å². The average Bonchev–Trinajstić information content (AvgIpc) is 2.67. The van der Waals surface area contributed by atoms with Gasteiger partial charge in [0.15, 0.2) is 0 Å². The van der Waals surface area contributed by atoms with Crippen LogP contribution in [-0.2, 0) is 0 Å². The van der Waals surface area contributed by atoms with Crippen LogP contribution in [0, 0.1) is 5.92 Å². The molecule has 1 aliphatic carbocycles. The SMILES string of the molecule is CC(NC(=O)N(C)C1CCC(CO)CC1)c1ccc2ccccc2c1. The second kappa shape index (κ2) is 7.87. The Morgan fingerprint density at radius 2 is 1.84 bits per heavy atom. The molecule has 4 nitrogen and oxygen atoms in total. The average molecular weight is 340 g/mol. The molecule has 0 aromatic heterocycles. The third kappa shape index (κ3) is 4.13. The standard InChI is InChI=1S/C21H28N2O2/c1-15(18-10-9-17-5-3-4-6-19(17)13-18)22-21(25)23(2)20-11-7-16(14-24)8-12-20/h3-6,9-10,13,15-16,20,24H,7-8,11-12,14H2,1-2H3,(H,22,25). The number of nitrogens with one attached hydrogen (secondary N) is 1. The van der Waals surface area contributed by atoms with E-state index in [1.54, 1.807) is 0 Å². The van der Waals surface area contributed by atoms with E-state index in [1.807, 2.05) is 31.0 Å². The molecule has 1 fully saturated rings. The third-order valence-corrected chi connectivity index (χ3v) is 5.56. The van der Waals surface area contributed by atoms with Crippen LogP contribution >= 0.6 is 0 Å². The van der Waals surface area contributed by atoms with Gasteiger partial charge in [0.25, 0.3) is 0 Å². The summed E-state index contributed by atoms with van der Waals surface area (Å²) in [4.78, 5) is 14.4. The molecule has 4 heteroatoms. The maximum absolute atomic E-state index is 12.6. The Bertz CT molecular complexity index is 723. The first-order valence-corrected chi connectivity index (χ1v) is 9.21. The molecule has 2 aromatic carbocycles. The summed E-state index contributed by atoms with van der Waals surface area (Å²) in [6, 6.07) is 14.8. The fourth-order valence-electron chi connectivity index (χ4n) is 3.73. The van der Waals surface area contributed by atoms with Gasteiger partial charge in [-0.2, -0.15) is 0 Å². The molecule has 0 bridgehead atoms. The molecule has 2 N–H and O–H groups in total. The predicted molar refractivity (Wildman–Crippen MR) is 101 cm³/mol. The Labute approximate surface area is 149 Å². The number of aliphatic hydroxyl groups is 1. The van der Waals surface area contributed by atoms with E-state index in [0.717, 1.165) is 31.2 Å². The van der Waals surface area contributed by atoms with E-state index < -0.39 is 0 Å². The number of aliphatic hydroxyl groups excluding tert-OH is 1. The summed E-state index contributed by atoms with van der Waals surface area (Å²) in [5.41, 5.74) is 1.12. The summed E-state index contributed by atoms with van der Waals surface area (Å²) in [7, 11) is 1.88. The molecule has 0 radical (unpaired) electrons. The summed E-state index contributed by atoms with van der Waals surface area (Å²) in [6.45, 7) is 2.29. The molecule has 1 atom stereocenters. The minimum absolute atomic E-state index is 0.0203. The molecule has 0 spiro atoms. The number of benzene rings is 2. The Morgan fingerprint density at radius 1 is 1.16 bits per heavy atom. The first-order valence-electron chi connectivity index (χ1n) is 9.21. The van der Waals surface area contributed by atoms with Crippen LogP contribution < -0.4 is 5.32 Å². The van der Waals surface area contributed by atoms with Crippen molar-refractivity contribution in [2.45, 2.75) is 44.7 Å². The molecular weight excluding hydrogens is 312 g/mol. The summed E-state index contributed by atoms with van der Waals surface area (Å²) >= 11 is 0. The van der Waals surface area contributed by atoms with Crippen LogP contribution in [0.1, 0.15) is 44.2 Å². The molecule has 1 unspecified atom stereocenters. The van der Waals surface area contributed by atoms with Gasteiger partial charge in [-0.25, -0.2) is 4.79 Å². The quantitative estimate of drug-likeness (QED) is 0.880. The Balaban J connectivity index is 1.61. The number of carbonyl (C=O) groups is 1. The lowest BCUT2D eigenvalue weighted by molar-refractivity contribution is 0.133. The van der Waals surface area contributed by atoms with Gasteiger partial charge < -0.3 is 15.3 Å². The van der Waals surface area contributed by atoms with Gasteiger partial charge in [0, 0.05) is 19.7 Å². The second-order valence-corrected chi connectivity index (χ2v) is 7.25. The second-order valence-electron chi connectivity index (χ2n) is 7.25. The molecule has 3 rings (SSSR count). The summed E-state index contributed by atoms with van der Waals surface area (Å²) < 4.78 is 0. The number of hydrogen-bond acceptors (Lipinski definition) is 2. The molecule has 0 heterocycles. The highest BCUT2D eigenvalue weighted by Crippen LogP contribution is 2.27. The van der Waals surface area contributed by atoms with Gasteiger partial charge in [-0.15, -0.1) is 0 Å². The number of nitrogens with zero attached hydrogens (tertiary/aromatic N) is 1. The number of fused-ring (bicyclic) bond motifs is 1. The normalized spacial score (nSPS) is 21.7. The first kappa shape index (κ1) is 17.7. The first-order chi connectivity index (χ1) is 12.1. The van der Waals surface area contributed by atoms with Crippen LogP contribution in [0.15, 0.2) is 42.5 Å². The van der Waals surface area contributed by atoms with Crippen molar-refractivity contribution >= 4 is 16.8 Å². The monoisotopic (exact) mass is 340 g/mol. The number of rotatable bonds is 4. The number of hydrogen-bond donors (Lipinski definition) is 2. The molecule has 0 saturated heterocycles. The van der Waals surface area contributed by atoms with Gasteiger partial charge in [-0.3, -0.25) is 0 Å². The van der Waals surface area contributed by atoms with Crippen molar-refractivity contribution in [3.8, 4) is 0 Å². The van der Waals surface area contributed by atoms with Crippen molar-refractivity contribution in [2.24, 2.45) is 5.92 Å². The van der Waals surface area contributed by atoms with Gasteiger partial charge in [0.2, 0.25) is 0 Å². The van der Waals surface area contributed by atoms with Crippen LogP contribution in [-0.4, -0.2) is 35.7 Å². The molecule has 25 heavy (non-hydrogen) atoms. The van der Waals surface area contributed by atoms with Gasteiger partial charge in [0.05, 0.1) is 6.04 Å². The van der Waals surface area contributed by atoms with E-state index in [9.17, 15) is 9.90 Å². The molecular formula is C21H28N2O2. The Kier molecular flexibility index (Phi) is 5.59. The van der Waals surface area contributed by atoms with Crippen LogP contribution in [0.4, 0.5) is 4.79 Å². The van der Waals surface area contributed by atoms with E-state index in [0.29, 0.717) is 5.92 Å². The minimum atomic E-state index is -0.0339. The van der Waals surface area contributed by atoms with Crippen LogP contribution in [0.2, 0.25) is 0 Å². The van der Waals surface area contributed by atoms with Crippen molar-refractivity contribution in [2.75, 3.05) is 13.7 Å². The molecule has 134 valence electrons. The smallest absolute Gasteiger partial charge is 0.317 e. The van der Waals surface area contributed by atoms with E-state index >= 15 is 0 Å². The van der Waals surface area contributed by atoms with Crippen LogP contribution in [0.3, 0.4) is 0 Å². The molecule has 2 aromatic rings. The summed E-state index contributed by atoms with van der Waals surface area (Å²) in [5, 5.41) is 14.8. The van der Waals surface area contributed by atoms with Crippen molar-refractivity contribution in [1.82, 2.24) is 10.2 Å². The highest BCUT2D eigenvalue weighted by atomic mass is 16.3. The fraction of sp³-hybridized carbons (Fsp3) is 0.476. The summed E-state index contributed by atoms with van der Waals surface area (Å²) in [5.74, 6) is 0.407. The molecule has 0 aliphatic heterocycles. The molecule has 2 amide bonds. The van der Waals surface area contributed by atoms with Gasteiger partial charge in [0.1, 0.15) is 0 Å². The lowest BCUT2D eigenvalue weighted by Crippen LogP contribution is -2.45. The highest BCUT2D eigenvalue weighted by molar-refractivity contribution is 5.83.